The summed E-state index contributed by atoms with van der Waals surface area (Å²) in [5.41, 5.74) is 0. The molecule has 5 heteroatoms. The predicted molar refractivity (Wildman–Crippen MR) is 51.6 cm³/mol. The lowest BCUT2D eigenvalue weighted by Crippen LogP contribution is -2.50. The van der Waals surface area contributed by atoms with Crippen LogP contribution in [0.3, 0.4) is 0 Å². The van der Waals surface area contributed by atoms with Crippen LogP contribution in [-0.4, -0.2) is 30.2 Å². The molecule has 0 saturated heterocycles. The van der Waals surface area contributed by atoms with Crippen molar-refractivity contribution in [2.75, 3.05) is 0 Å². The summed E-state index contributed by atoms with van der Waals surface area (Å²) in [6.07, 6.45) is 0.146. The van der Waals surface area contributed by atoms with E-state index >= 15 is 0 Å². The summed E-state index contributed by atoms with van der Waals surface area (Å²) in [5.74, 6) is -2.41. The van der Waals surface area contributed by atoms with Gasteiger partial charge < -0.3 is 10.2 Å². The van der Waals surface area contributed by atoms with E-state index in [1.54, 1.807) is 26.6 Å². The van der Waals surface area contributed by atoms with Gasteiger partial charge in [-0.1, -0.05) is 26.6 Å². The predicted octanol–water partition coefficient (Wildman–Crippen LogP) is 1.64. The second-order valence-corrected chi connectivity index (χ2v) is 9.47. The van der Waals surface area contributed by atoms with Gasteiger partial charge in [0.1, 0.15) is 0 Å². The van der Waals surface area contributed by atoms with Crippen LogP contribution in [0.25, 0.3) is 0 Å². The Hall–Kier alpha value is -0.843. The summed E-state index contributed by atoms with van der Waals surface area (Å²) in [4.78, 5) is 22.0. The van der Waals surface area contributed by atoms with E-state index in [1.165, 1.54) is 0 Å². The summed E-state index contributed by atoms with van der Waals surface area (Å²) in [6.45, 7) is 6.90. The molecule has 0 aliphatic carbocycles. The molecular weight excluding hydrogens is 188 g/mol. The van der Waals surface area contributed by atoms with Crippen molar-refractivity contribution >= 4 is 20.0 Å². The summed E-state index contributed by atoms with van der Waals surface area (Å²) in [7, 11) is -2.26. The van der Waals surface area contributed by atoms with E-state index in [9.17, 15) is 9.59 Å². The highest BCUT2D eigenvalue weighted by Crippen LogP contribution is 2.41. The first-order chi connectivity index (χ1) is 5.70. The number of carbonyl (C=O) groups is 2. The lowest BCUT2D eigenvalue weighted by molar-refractivity contribution is -0.153. The molecule has 0 aromatic carbocycles. The molecule has 0 saturated carbocycles. The Bertz CT molecular complexity index is 215. The van der Waals surface area contributed by atoms with Crippen molar-refractivity contribution in [1.82, 2.24) is 0 Å². The molecule has 0 atom stereocenters. The van der Waals surface area contributed by atoms with Gasteiger partial charge in [-0.25, -0.2) is 0 Å². The van der Waals surface area contributed by atoms with Crippen molar-refractivity contribution in [1.29, 1.82) is 0 Å². The Labute approximate surface area is 78.6 Å². The molecule has 13 heavy (non-hydrogen) atoms. The molecule has 0 fully saturated rings. The van der Waals surface area contributed by atoms with Crippen LogP contribution in [0.4, 0.5) is 0 Å². The molecule has 0 aliphatic rings. The Kier molecular flexibility index (Phi) is 3.26. The smallest absolute Gasteiger partial charge is 0.317 e. The molecule has 0 spiro atoms. The summed E-state index contributed by atoms with van der Waals surface area (Å²) in [6, 6.07) is 0. The normalized spacial score (nSPS) is 12.6. The lowest BCUT2D eigenvalue weighted by atomic mass is 10.1. The maximum Gasteiger partial charge on any atom is 0.317 e. The standard InChI is InChI=1S/C8H16O4Si/c1-5-8(6(9)10,7(11)12)13(2,3)4/h5H2,1-4H3,(H,9,10)(H,11,12). The van der Waals surface area contributed by atoms with Crippen LogP contribution < -0.4 is 0 Å². The maximum atomic E-state index is 11.0. The van der Waals surface area contributed by atoms with E-state index in [-0.39, 0.29) is 6.42 Å². The van der Waals surface area contributed by atoms with E-state index in [0.29, 0.717) is 0 Å². The van der Waals surface area contributed by atoms with Gasteiger partial charge in [0.25, 0.3) is 0 Å². The van der Waals surface area contributed by atoms with Crippen molar-refractivity contribution in [2.45, 2.75) is 38.0 Å². The molecule has 0 heterocycles. The average Bonchev–Trinajstić information content (AvgIpc) is 1.83. The van der Waals surface area contributed by atoms with E-state index in [4.69, 9.17) is 10.2 Å². The van der Waals surface area contributed by atoms with Crippen molar-refractivity contribution in [3.63, 3.8) is 0 Å². The highest BCUT2D eigenvalue weighted by molar-refractivity contribution is 6.85. The minimum atomic E-state index is -2.26. The second-order valence-electron chi connectivity index (χ2n) is 4.12. The number of hydrogen-bond acceptors (Lipinski definition) is 2. The third kappa shape index (κ3) is 1.74. The molecule has 2 N–H and O–H groups in total. The number of aliphatic carboxylic acids is 2. The van der Waals surface area contributed by atoms with Crippen LogP contribution in [0, 0.1) is 0 Å². The molecule has 0 aromatic heterocycles. The molecular formula is C8H16O4Si. The molecule has 0 rings (SSSR count). The average molecular weight is 204 g/mol. The van der Waals surface area contributed by atoms with Crippen LogP contribution in [0.2, 0.25) is 24.7 Å². The highest BCUT2D eigenvalue weighted by Gasteiger charge is 2.55. The fraction of sp³-hybridized carbons (Fsp3) is 0.750. The van der Waals surface area contributed by atoms with Crippen molar-refractivity contribution in [2.24, 2.45) is 0 Å². The molecule has 76 valence electrons. The largest absolute Gasteiger partial charge is 0.481 e. The van der Waals surface area contributed by atoms with Gasteiger partial charge >= 0.3 is 11.9 Å². The SMILES string of the molecule is CCC(C(=O)O)(C(=O)O)[Si](C)(C)C. The first-order valence-electron chi connectivity index (χ1n) is 4.17. The Morgan fingerprint density at radius 2 is 1.46 bits per heavy atom. The van der Waals surface area contributed by atoms with Crippen LogP contribution in [0.5, 0.6) is 0 Å². The zero-order valence-corrected chi connectivity index (χ0v) is 9.42. The van der Waals surface area contributed by atoms with Gasteiger partial charge in [-0.2, -0.15) is 0 Å². The van der Waals surface area contributed by atoms with Crippen molar-refractivity contribution < 1.29 is 19.8 Å². The molecule has 0 bridgehead atoms. The van der Waals surface area contributed by atoms with Crippen molar-refractivity contribution in [3.05, 3.63) is 0 Å². The molecule has 0 aromatic rings. The fourth-order valence-corrected chi connectivity index (χ4v) is 3.91. The topological polar surface area (TPSA) is 74.6 Å². The van der Waals surface area contributed by atoms with E-state index in [1.807, 2.05) is 0 Å². The van der Waals surface area contributed by atoms with E-state index < -0.39 is 25.1 Å². The number of carboxylic acid groups (broad SMARTS) is 2. The Morgan fingerprint density at radius 1 is 1.15 bits per heavy atom. The lowest BCUT2D eigenvalue weighted by Gasteiger charge is -2.34. The summed E-state index contributed by atoms with van der Waals surface area (Å²) in [5, 5.41) is 16.4. The summed E-state index contributed by atoms with van der Waals surface area (Å²) < 4.78 is 0. The Morgan fingerprint density at radius 3 is 1.46 bits per heavy atom. The fourth-order valence-electron chi connectivity index (χ4n) is 1.57. The van der Waals surface area contributed by atoms with Crippen molar-refractivity contribution in [3.8, 4) is 0 Å². The number of hydrogen-bond donors (Lipinski definition) is 2. The third-order valence-corrected chi connectivity index (χ3v) is 5.88. The summed E-state index contributed by atoms with van der Waals surface area (Å²) >= 11 is 0. The van der Waals surface area contributed by atoms with Gasteiger partial charge in [0.15, 0.2) is 5.04 Å². The zero-order chi connectivity index (χ0) is 10.9. The molecule has 0 radical (unpaired) electrons. The van der Waals surface area contributed by atoms with Gasteiger partial charge in [-0.05, 0) is 6.42 Å². The maximum absolute atomic E-state index is 11.0. The van der Waals surface area contributed by atoms with Crippen LogP contribution >= 0.6 is 0 Å². The molecule has 4 nitrogen and oxygen atoms in total. The zero-order valence-electron chi connectivity index (χ0n) is 8.42. The molecule has 0 amide bonds. The van der Waals surface area contributed by atoms with Crippen LogP contribution in [0.1, 0.15) is 13.3 Å². The van der Waals surface area contributed by atoms with Gasteiger partial charge in [0.05, 0.1) is 8.07 Å². The van der Waals surface area contributed by atoms with Crippen LogP contribution in [0.15, 0.2) is 0 Å². The molecule has 0 aliphatic heterocycles. The highest BCUT2D eigenvalue weighted by atomic mass is 28.3. The Balaban J connectivity index is 5.38. The monoisotopic (exact) mass is 204 g/mol. The quantitative estimate of drug-likeness (QED) is 0.539. The van der Waals surface area contributed by atoms with E-state index in [2.05, 4.69) is 0 Å². The third-order valence-electron chi connectivity index (χ3n) is 2.54. The first-order valence-corrected chi connectivity index (χ1v) is 7.67. The first kappa shape index (κ1) is 12.2. The minimum Gasteiger partial charge on any atom is -0.481 e. The van der Waals surface area contributed by atoms with Crippen LogP contribution in [-0.2, 0) is 9.59 Å². The number of carboxylic acids is 2. The van der Waals surface area contributed by atoms with Gasteiger partial charge in [-0.15, -0.1) is 0 Å². The van der Waals surface area contributed by atoms with Gasteiger partial charge in [0.2, 0.25) is 0 Å². The van der Waals surface area contributed by atoms with Gasteiger partial charge in [0, 0.05) is 0 Å². The minimum absolute atomic E-state index is 0.146. The molecule has 0 unspecified atom stereocenters. The van der Waals surface area contributed by atoms with E-state index in [0.717, 1.165) is 0 Å². The van der Waals surface area contributed by atoms with Gasteiger partial charge in [-0.3, -0.25) is 9.59 Å². The second kappa shape index (κ2) is 3.49. The number of rotatable bonds is 4.